The monoisotopic (exact) mass is 361 g/mol. The zero-order valence-corrected chi connectivity index (χ0v) is 15.4. The normalized spacial score (nSPS) is 19.6. The van der Waals surface area contributed by atoms with Crippen LogP contribution in [0.1, 0.15) is 31.2 Å². The fourth-order valence-electron chi connectivity index (χ4n) is 3.80. The van der Waals surface area contributed by atoms with Crippen molar-refractivity contribution in [3.8, 4) is 17.5 Å². The van der Waals surface area contributed by atoms with Crippen molar-refractivity contribution in [1.82, 2.24) is 4.57 Å². The Hall–Kier alpha value is -2.97. The van der Waals surface area contributed by atoms with Crippen molar-refractivity contribution in [3.63, 3.8) is 0 Å². The second kappa shape index (κ2) is 7.34. The molecule has 0 atom stereocenters. The first kappa shape index (κ1) is 17.4. The number of methoxy groups -OCH3 is 1. The molecule has 0 spiro atoms. The second-order valence-corrected chi connectivity index (χ2v) is 7.10. The van der Waals surface area contributed by atoms with E-state index < -0.39 is 0 Å². The summed E-state index contributed by atoms with van der Waals surface area (Å²) in [7, 11) is 1.67. The van der Waals surface area contributed by atoms with Gasteiger partial charge >= 0.3 is 0 Å². The van der Waals surface area contributed by atoms with Crippen LogP contribution in [0.15, 0.2) is 48.7 Å². The summed E-state index contributed by atoms with van der Waals surface area (Å²) in [4.78, 5) is 0. The van der Waals surface area contributed by atoms with Crippen LogP contribution in [0.3, 0.4) is 0 Å². The molecule has 138 valence electrons. The van der Waals surface area contributed by atoms with Gasteiger partial charge in [-0.1, -0.05) is 0 Å². The Morgan fingerprint density at radius 3 is 2.67 bits per heavy atom. The molecule has 0 saturated heterocycles. The fourth-order valence-corrected chi connectivity index (χ4v) is 3.80. The number of nitrogens with one attached hydrogen (secondary N) is 1. The SMILES string of the molecule is COc1ccc2ccn(-c3ccc(C#N)c(NC4CCC(O)CC4)c3)c2c1. The van der Waals surface area contributed by atoms with Crippen LogP contribution in [0.5, 0.6) is 5.75 Å². The Kier molecular flexibility index (Phi) is 4.74. The highest BCUT2D eigenvalue weighted by Gasteiger charge is 2.20. The van der Waals surface area contributed by atoms with E-state index in [1.807, 2.05) is 42.6 Å². The van der Waals surface area contributed by atoms with Crippen LogP contribution >= 0.6 is 0 Å². The van der Waals surface area contributed by atoms with Crippen LogP contribution in [-0.4, -0.2) is 28.9 Å². The predicted octanol–water partition coefficient (Wildman–Crippen LogP) is 4.23. The summed E-state index contributed by atoms with van der Waals surface area (Å²) in [6.07, 6.45) is 5.29. The van der Waals surface area contributed by atoms with E-state index in [9.17, 15) is 10.4 Å². The molecule has 27 heavy (non-hydrogen) atoms. The molecule has 1 saturated carbocycles. The third kappa shape index (κ3) is 3.49. The average Bonchev–Trinajstić information content (AvgIpc) is 3.12. The van der Waals surface area contributed by atoms with Gasteiger partial charge in [-0.15, -0.1) is 0 Å². The molecule has 1 aromatic heterocycles. The van der Waals surface area contributed by atoms with Crippen molar-refractivity contribution in [2.75, 3.05) is 12.4 Å². The van der Waals surface area contributed by atoms with Crippen LogP contribution in [-0.2, 0) is 0 Å². The lowest BCUT2D eigenvalue weighted by Gasteiger charge is -2.27. The maximum atomic E-state index is 9.71. The number of hydrogen-bond acceptors (Lipinski definition) is 4. The number of rotatable bonds is 4. The van der Waals surface area contributed by atoms with E-state index in [4.69, 9.17) is 4.74 Å². The molecular formula is C22H23N3O2. The molecule has 0 amide bonds. The number of hydrogen-bond donors (Lipinski definition) is 2. The molecule has 1 fully saturated rings. The van der Waals surface area contributed by atoms with Gasteiger partial charge in [0.25, 0.3) is 0 Å². The number of benzene rings is 2. The molecule has 0 aliphatic heterocycles. The Balaban J connectivity index is 1.69. The predicted molar refractivity (Wildman–Crippen MR) is 106 cm³/mol. The van der Waals surface area contributed by atoms with Crippen LogP contribution in [0.4, 0.5) is 5.69 Å². The molecule has 0 radical (unpaired) electrons. The number of aromatic nitrogens is 1. The first-order valence-electron chi connectivity index (χ1n) is 9.32. The minimum atomic E-state index is -0.189. The van der Waals surface area contributed by atoms with Gasteiger partial charge in [-0.05, 0) is 62.1 Å². The van der Waals surface area contributed by atoms with Crippen molar-refractivity contribution in [2.45, 2.75) is 37.8 Å². The Morgan fingerprint density at radius 1 is 1.11 bits per heavy atom. The third-order valence-corrected chi connectivity index (χ3v) is 5.36. The summed E-state index contributed by atoms with van der Waals surface area (Å²) >= 11 is 0. The van der Waals surface area contributed by atoms with Crippen LogP contribution in [0.25, 0.3) is 16.6 Å². The molecule has 0 unspecified atom stereocenters. The molecule has 2 aromatic carbocycles. The molecule has 1 heterocycles. The summed E-state index contributed by atoms with van der Waals surface area (Å²) in [5.74, 6) is 0.815. The smallest absolute Gasteiger partial charge is 0.120 e. The lowest BCUT2D eigenvalue weighted by molar-refractivity contribution is 0.126. The fraction of sp³-hybridized carbons (Fsp3) is 0.318. The number of aliphatic hydroxyl groups is 1. The van der Waals surface area contributed by atoms with E-state index in [0.29, 0.717) is 5.56 Å². The van der Waals surface area contributed by atoms with Gasteiger partial charge in [-0.3, -0.25) is 0 Å². The van der Waals surface area contributed by atoms with E-state index >= 15 is 0 Å². The van der Waals surface area contributed by atoms with Crippen molar-refractivity contribution >= 4 is 16.6 Å². The van der Waals surface area contributed by atoms with Crippen LogP contribution in [0, 0.1) is 11.3 Å². The van der Waals surface area contributed by atoms with Gasteiger partial charge in [-0.25, -0.2) is 0 Å². The number of anilines is 1. The summed E-state index contributed by atoms with van der Waals surface area (Å²) in [6.45, 7) is 0. The standard InChI is InChI=1S/C22H23N3O2/c1-27-20-9-3-15-10-11-25(22(15)13-20)18-6-2-16(14-23)21(12-18)24-17-4-7-19(26)8-5-17/h2-3,6,9-13,17,19,24,26H,4-5,7-8H2,1H3. The molecule has 2 N–H and O–H groups in total. The summed E-state index contributed by atoms with van der Waals surface area (Å²) in [5, 5.41) is 23.9. The topological polar surface area (TPSA) is 70.2 Å². The minimum absolute atomic E-state index is 0.189. The number of ether oxygens (including phenoxy) is 1. The van der Waals surface area contributed by atoms with E-state index in [0.717, 1.165) is 53.7 Å². The van der Waals surface area contributed by atoms with Crippen LogP contribution < -0.4 is 10.1 Å². The van der Waals surface area contributed by atoms with Gasteiger partial charge < -0.3 is 19.7 Å². The number of fused-ring (bicyclic) bond motifs is 1. The van der Waals surface area contributed by atoms with Crippen molar-refractivity contribution in [1.29, 1.82) is 5.26 Å². The molecule has 1 aliphatic rings. The highest BCUT2D eigenvalue weighted by Crippen LogP contribution is 2.29. The van der Waals surface area contributed by atoms with Gasteiger partial charge in [0.15, 0.2) is 0 Å². The molecular weight excluding hydrogens is 338 g/mol. The maximum Gasteiger partial charge on any atom is 0.120 e. The van der Waals surface area contributed by atoms with E-state index in [1.165, 1.54) is 0 Å². The Labute approximate surface area is 158 Å². The Bertz CT molecular complexity index is 994. The molecule has 4 rings (SSSR count). The van der Waals surface area contributed by atoms with Gasteiger partial charge in [0.1, 0.15) is 11.8 Å². The van der Waals surface area contributed by atoms with Crippen molar-refractivity contribution < 1.29 is 9.84 Å². The minimum Gasteiger partial charge on any atom is -0.497 e. The second-order valence-electron chi connectivity index (χ2n) is 7.10. The molecule has 5 heteroatoms. The maximum absolute atomic E-state index is 9.71. The first-order valence-corrected chi connectivity index (χ1v) is 9.32. The highest BCUT2D eigenvalue weighted by atomic mass is 16.5. The molecule has 3 aromatic rings. The Morgan fingerprint density at radius 2 is 1.93 bits per heavy atom. The van der Waals surface area contributed by atoms with Crippen molar-refractivity contribution in [3.05, 3.63) is 54.2 Å². The quantitative estimate of drug-likeness (QED) is 0.730. The van der Waals surface area contributed by atoms with E-state index in [2.05, 4.69) is 22.0 Å². The first-order chi connectivity index (χ1) is 13.2. The average molecular weight is 361 g/mol. The van der Waals surface area contributed by atoms with Crippen LogP contribution in [0.2, 0.25) is 0 Å². The van der Waals surface area contributed by atoms with Crippen molar-refractivity contribution in [2.24, 2.45) is 0 Å². The molecule has 5 nitrogen and oxygen atoms in total. The highest BCUT2D eigenvalue weighted by molar-refractivity contribution is 5.83. The van der Waals surface area contributed by atoms with Gasteiger partial charge in [0.2, 0.25) is 0 Å². The van der Waals surface area contributed by atoms with E-state index in [1.54, 1.807) is 7.11 Å². The zero-order valence-electron chi connectivity index (χ0n) is 15.4. The summed E-state index contributed by atoms with van der Waals surface area (Å²) < 4.78 is 7.47. The number of aliphatic hydroxyl groups excluding tert-OH is 1. The third-order valence-electron chi connectivity index (χ3n) is 5.36. The van der Waals surface area contributed by atoms with Gasteiger partial charge in [0, 0.05) is 29.4 Å². The van der Waals surface area contributed by atoms with Gasteiger partial charge in [-0.2, -0.15) is 5.26 Å². The summed E-state index contributed by atoms with van der Waals surface area (Å²) in [6, 6.07) is 16.5. The lowest BCUT2D eigenvalue weighted by Crippen LogP contribution is -2.28. The lowest BCUT2D eigenvalue weighted by atomic mass is 9.93. The molecule has 1 aliphatic carbocycles. The van der Waals surface area contributed by atoms with E-state index in [-0.39, 0.29) is 12.1 Å². The molecule has 0 bridgehead atoms. The summed E-state index contributed by atoms with van der Waals surface area (Å²) in [5.41, 5.74) is 3.54. The van der Waals surface area contributed by atoms with Gasteiger partial charge in [0.05, 0.1) is 30.0 Å². The number of nitriles is 1. The largest absolute Gasteiger partial charge is 0.497 e. The zero-order chi connectivity index (χ0) is 18.8. The number of nitrogens with zero attached hydrogens (tertiary/aromatic N) is 2.